The summed E-state index contributed by atoms with van der Waals surface area (Å²) in [4.78, 5) is 22.0. The second-order valence-electron chi connectivity index (χ2n) is 3.14. The number of nitrogens with one attached hydrogen (secondary N) is 2. The van der Waals surface area contributed by atoms with E-state index in [0.717, 1.165) is 11.3 Å². The fraction of sp³-hybridized carbons (Fsp3) is 0.333. The monoisotopic (exact) mass is 260 g/mol. The Bertz CT molecular complexity index is 406. The van der Waals surface area contributed by atoms with Crippen LogP contribution in [-0.2, 0) is 0 Å². The fourth-order valence-electron chi connectivity index (χ4n) is 0.997. The molecule has 0 saturated carbocycles. The van der Waals surface area contributed by atoms with Gasteiger partial charge in [-0.3, -0.25) is 5.32 Å². The van der Waals surface area contributed by atoms with Crippen molar-refractivity contribution in [3.8, 4) is 0 Å². The van der Waals surface area contributed by atoms with Crippen LogP contribution in [0.1, 0.15) is 10.4 Å². The average Bonchev–Trinajstić information content (AvgIpc) is 2.74. The summed E-state index contributed by atoms with van der Waals surface area (Å²) in [6, 6.07) is 0.744. The van der Waals surface area contributed by atoms with Gasteiger partial charge < -0.3 is 20.6 Å². The van der Waals surface area contributed by atoms with Gasteiger partial charge in [-0.05, 0) is 11.4 Å². The molecule has 0 aromatic carbocycles. The molecule has 0 aliphatic heterocycles. The maximum absolute atomic E-state index is 11.3. The van der Waals surface area contributed by atoms with E-state index in [-0.39, 0.29) is 17.1 Å². The van der Waals surface area contributed by atoms with Crippen molar-refractivity contribution in [3.63, 3.8) is 0 Å². The molecule has 1 heterocycles. The summed E-state index contributed by atoms with van der Waals surface area (Å²) in [5.41, 5.74) is 0.00727. The molecule has 1 atom stereocenters. The van der Waals surface area contributed by atoms with Gasteiger partial charge in [0.25, 0.3) is 0 Å². The molecule has 0 aliphatic carbocycles. The molecule has 1 aromatic rings. The van der Waals surface area contributed by atoms with E-state index in [4.69, 9.17) is 15.3 Å². The van der Waals surface area contributed by atoms with Crippen molar-refractivity contribution in [3.05, 3.63) is 17.0 Å². The van der Waals surface area contributed by atoms with Crippen LogP contribution in [0.5, 0.6) is 0 Å². The van der Waals surface area contributed by atoms with Crippen LogP contribution in [0.2, 0.25) is 0 Å². The standard InChI is InChI=1S/C9H12N2O5S/c12-4-5(13)3-10-9(16)11-7-6(8(14)15)1-2-17-7/h1-2,5,12-13H,3-4H2,(H,14,15)(H2,10,11,16). The van der Waals surface area contributed by atoms with E-state index >= 15 is 0 Å². The number of hydrogen-bond donors (Lipinski definition) is 5. The van der Waals surface area contributed by atoms with Crippen LogP contribution in [0.15, 0.2) is 11.4 Å². The Morgan fingerprint density at radius 3 is 2.76 bits per heavy atom. The van der Waals surface area contributed by atoms with Gasteiger partial charge in [0.2, 0.25) is 0 Å². The lowest BCUT2D eigenvalue weighted by atomic mass is 10.3. The minimum atomic E-state index is -1.13. The molecule has 8 heteroatoms. The number of carboxylic acid groups (broad SMARTS) is 1. The molecular formula is C9H12N2O5S. The number of aliphatic hydroxyl groups is 2. The van der Waals surface area contributed by atoms with Crippen molar-refractivity contribution >= 4 is 28.3 Å². The number of hydrogen-bond acceptors (Lipinski definition) is 5. The second-order valence-corrected chi connectivity index (χ2v) is 4.06. The molecule has 17 heavy (non-hydrogen) atoms. The van der Waals surface area contributed by atoms with Gasteiger partial charge in [0, 0.05) is 6.54 Å². The predicted molar refractivity (Wildman–Crippen MR) is 61.4 cm³/mol. The third-order valence-electron chi connectivity index (χ3n) is 1.83. The number of carbonyl (C=O) groups excluding carboxylic acids is 1. The molecule has 0 bridgehead atoms. The SMILES string of the molecule is O=C(NCC(O)CO)Nc1sccc1C(=O)O. The number of amides is 2. The lowest BCUT2D eigenvalue weighted by molar-refractivity contribution is 0.0698. The molecule has 1 unspecified atom stereocenters. The van der Waals surface area contributed by atoms with E-state index < -0.39 is 24.7 Å². The van der Waals surface area contributed by atoms with E-state index in [9.17, 15) is 9.59 Å². The van der Waals surface area contributed by atoms with E-state index in [1.807, 2.05) is 0 Å². The smallest absolute Gasteiger partial charge is 0.338 e. The Labute approximate surface area is 101 Å². The quantitative estimate of drug-likeness (QED) is 0.507. The Hall–Kier alpha value is -1.64. The fourth-order valence-corrected chi connectivity index (χ4v) is 1.77. The molecule has 2 amide bonds. The van der Waals surface area contributed by atoms with Gasteiger partial charge in [0.1, 0.15) is 5.00 Å². The van der Waals surface area contributed by atoms with Gasteiger partial charge in [-0.1, -0.05) is 0 Å². The van der Waals surface area contributed by atoms with Gasteiger partial charge in [-0.2, -0.15) is 0 Å². The van der Waals surface area contributed by atoms with Crippen LogP contribution >= 0.6 is 11.3 Å². The zero-order valence-corrected chi connectivity index (χ0v) is 9.53. The summed E-state index contributed by atoms with van der Waals surface area (Å²) in [6.45, 7) is -0.574. The molecule has 7 nitrogen and oxygen atoms in total. The normalized spacial score (nSPS) is 11.9. The highest BCUT2D eigenvalue weighted by Crippen LogP contribution is 2.22. The highest BCUT2D eigenvalue weighted by Gasteiger charge is 2.14. The van der Waals surface area contributed by atoms with Crippen LogP contribution in [0.4, 0.5) is 9.80 Å². The van der Waals surface area contributed by atoms with Crippen molar-refractivity contribution in [1.29, 1.82) is 0 Å². The third kappa shape index (κ3) is 4.02. The molecule has 0 radical (unpaired) electrons. The number of aliphatic hydroxyl groups excluding tert-OH is 2. The van der Waals surface area contributed by atoms with E-state index in [1.165, 1.54) is 6.07 Å². The third-order valence-corrected chi connectivity index (χ3v) is 2.66. The lowest BCUT2D eigenvalue weighted by Crippen LogP contribution is -2.36. The summed E-state index contributed by atoms with van der Waals surface area (Å²) in [6.07, 6.45) is -1.04. The topological polar surface area (TPSA) is 119 Å². The first-order valence-corrected chi connectivity index (χ1v) is 5.57. The van der Waals surface area contributed by atoms with Gasteiger partial charge in [-0.15, -0.1) is 11.3 Å². The van der Waals surface area contributed by atoms with Crippen molar-refractivity contribution in [1.82, 2.24) is 5.32 Å². The van der Waals surface area contributed by atoms with Gasteiger partial charge >= 0.3 is 12.0 Å². The van der Waals surface area contributed by atoms with Gasteiger partial charge in [-0.25, -0.2) is 9.59 Å². The van der Waals surface area contributed by atoms with Crippen molar-refractivity contribution < 1.29 is 24.9 Å². The molecule has 5 N–H and O–H groups in total. The Balaban J connectivity index is 2.51. The Morgan fingerprint density at radius 1 is 1.47 bits per heavy atom. The molecule has 1 rings (SSSR count). The molecule has 0 spiro atoms. The van der Waals surface area contributed by atoms with E-state index in [0.29, 0.717) is 0 Å². The van der Waals surface area contributed by atoms with Crippen molar-refractivity contribution in [2.75, 3.05) is 18.5 Å². The van der Waals surface area contributed by atoms with E-state index in [1.54, 1.807) is 5.38 Å². The van der Waals surface area contributed by atoms with Gasteiger partial charge in [0.15, 0.2) is 0 Å². The Kier molecular flexibility index (Phi) is 4.88. The Morgan fingerprint density at radius 2 is 2.18 bits per heavy atom. The average molecular weight is 260 g/mol. The largest absolute Gasteiger partial charge is 0.478 e. The number of carboxylic acids is 1. The first-order valence-electron chi connectivity index (χ1n) is 4.69. The van der Waals surface area contributed by atoms with Crippen LogP contribution in [0, 0.1) is 0 Å². The van der Waals surface area contributed by atoms with Crippen LogP contribution in [0.3, 0.4) is 0 Å². The molecule has 0 saturated heterocycles. The molecule has 0 fully saturated rings. The summed E-state index contributed by atoms with van der Waals surface area (Å²) >= 11 is 1.08. The maximum Gasteiger partial charge on any atom is 0.338 e. The van der Waals surface area contributed by atoms with Crippen molar-refractivity contribution in [2.45, 2.75) is 6.10 Å². The number of urea groups is 1. The molecule has 94 valence electrons. The highest BCUT2D eigenvalue weighted by molar-refractivity contribution is 7.14. The van der Waals surface area contributed by atoms with Crippen LogP contribution in [-0.4, -0.2) is 46.6 Å². The highest BCUT2D eigenvalue weighted by atomic mass is 32.1. The summed E-state index contributed by atoms with van der Waals surface area (Å²) in [7, 11) is 0. The minimum Gasteiger partial charge on any atom is -0.478 e. The van der Waals surface area contributed by atoms with Crippen molar-refractivity contribution in [2.24, 2.45) is 0 Å². The number of anilines is 1. The van der Waals surface area contributed by atoms with Crippen LogP contribution < -0.4 is 10.6 Å². The zero-order valence-electron chi connectivity index (χ0n) is 8.71. The summed E-state index contributed by atoms with van der Waals surface area (Å²) in [5.74, 6) is -1.13. The van der Waals surface area contributed by atoms with Gasteiger partial charge in [0.05, 0.1) is 18.3 Å². The molecule has 1 aromatic heterocycles. The van der Waals surface area contributed by atoms with E-state index in [2.05, 4.69) is 10.6 Å². The number of aromatic carboxylic acids is 1. The maximum atomic E-state index is 11.3. The minimum absolute atomic E-state index is 0.00727. The molecular weight excluding hydrogens is 248 g/mol. The first-order chi connectivity index (χ1) is 8.04. The number of rotatable bonds is 5. The molecule has 0 aliphatic rings. The lowest BCUT2D eigenvalue weighted by Gasteiger charge is -2.09. The summed E-state index contributed by atoms with van der Waals surface area (Å²) < 4.78 is 0. The number of thiophene rings is 1. The zero-order chi connectivity index (χ0) is 12.8. The predicted octanol–water partition coefficient (Wildman–Crippen LogP) is -0.0790. The van der Waals surface area contributed by atoms with Crippen LogP contribution in [0.25, 0.3) is 0 Å². The summed E-state index contributed by atoms with van der Waals surface area (Å²) in [5, 5.41) is 32.7. The first kappa shape index (κ1) is 13.4. The second kappa shape index (κ2) is 6.18. The number of carbonyl (C=O) groups is 2.